The fraction of sp³-hybridized carbons (Fsp3) is 0.385. The maximum absolute atomic E-state index is 13.4. The van der Waals surface area contributed by atoms with Crippen molar-refractivity contribution < 1.29 is 14.3 Å². The Morgan fingerprint density at radius 1 is 1.18 bits per heavy atom. The number of ether oxygens (including phenoxy) is 2. The fourth-order valence-corrected chi connectivity index (χ4v) is 4.30. The number of hydrogen-bond acceptors (Lipinski definition) is 7. The molecule has 34 heavy (non-hydrogen) atoms. The van der Waals surface area contributed by atoms with Gasteiger partial charge in [-0.3, -0.25) is 9.78 Å². The lowest BCUT2D eigenvalue weighted by Gasteiger charge is -2.39. The number of aryl methyl sites for hydroxylation is 1. The Bertz CT molecular complexity index is 1150. The van der Waals surface area contributed by atoms with E-state index in [0.717, 1.165) is 35.9 Å². The quantitative estimate of drug-likeness (QED) is 0.569. The van der Waals surface area contributed by atoms with E-state index in [-0.39, 0.29) is 11.3 Å². The van der Waals surface area contributed by atoms with Gasteiger partial charge in [-0.05, 0) is 50.1 Å². The minimum atomic E-state index is -0.318. The van der Waals surface area contributed by atoms with Gasteiger partial charge < -0.3 is 19.7 Å². The molecule has 1 aliphatic heterocycles. The number of likely N-dealkylation sites (tertiary alicyclic amines) is 1. The topological polar surface area (TPSA) is 89.5 Å². The number of hydrogen-bond donors (Lipinski definition) is 1. The molecule has 0 spiro atoms. The Hall–Kier alpha value is -3.68. The van der Waals surface area contributed by atoms with Gasteiger partial charge >= 0.3 is 0 Å². The largest absolute Gasteiger partial charge is 0.493 e. The highest BCUT2D eigenvalue weighted by Gasteiger charge is 2.37. The molecule has 3 aromatic rings. The lowest BCUT2D eigenvalue weighted by atomic mass is 9.80. The molecule has 8 heteroatoms. The number of nitrogens with one attached hydrogen (secondary N) is 1. The second kappa shape index (κ2) is 10.1. The first-order valence-electron chi connectivity index (χ1n) is 11.5. The summed E-state index contributed by atoms with van der Waals surface area (Å²) in [6.07, 6.45) is 3.54. The van der Waals surface area contributed by atoms with Crippen LogP contribution < -0.4 is 14.8 Å². The van der Waals surface area contributed by atoms with Crippen molar-refractivity contribution in [3.8, 4) is 11.5 Å². The monoisotopic (exact) mass is 461 g/mol. The van der Waals surface area contributed by atoms with Gasteiger partial charge in [0.05, 0.1) is 12.8 Å². The van der Waals surface area contributed by atoms with Crippen molar-refractivity contribution >= 4 is 11.7 Å². The average Bonchev–Trinajstić information content (AvgIpc) is 2.87. The van der Waals surface area contributed by atoms with Crippen LogP contribution in [0.5, 0.6) is 11.5 Å². The third-order valence-electron chi connectivity index (χ3n) is 6.15. The van der Waals surface area contributed by atoms with Crippen LogP contribution in [-0.4, -0.2) is 53.0 Å². The van der Waals surface area contributed by atoms with Crippen molar-refractivity contribution in [3.05, 3.63) is 71.4 Å². The van der Waals surface area contributed by atoms with Crippen molar-refractivity contribution in [3.63, 3.8) is 0 Å². The summed E-state index contributed by atoms with van der Waals surface area (Å²) in [5, 5.41) is 3.10. The SMILES string of the molecule is CNc1cc(C)nc(C2(C)CCCN(C(=O)c3ccc(OCc4ccccn4)c(OC)c3)C2)n1. The van der Waals surface area contributed by atoms with Gasteiger partial charge in [0, 0.05) is 49.1 Å². The summed E-state index contributed by atoms with van der Waals surface area (Å²) in [6.45, 7) is 5.67. The summed E-state index contributed by atoms with van der Waals surface area (Å²) < 4.78 is 11.4. The Labute approximate surface area is 200 Å². The van der Waals surface area contributed by atoms with E-state index in [1.807, 2.05) is 43.1 Å². The number of pyridine rings is 1. The molecule has 2 aromatic heterocycles. The Kier molecular flexibility index (Phi) is 6.95. The van der Waals surface area contributed by atoms with Gasteiger partial charge in [-0.2, -0.15) is 0 Å². The number of rotatable bonds is 7. The number of aromatic nitrogens is 3. The maximum atomic E-state index is 13.4. The van der Waals surface area contributed by atoms with Crippen molar-refractivity contribution in [2.75, 3.05) is 32.6 Å². The minimum absolute atomic E-state index is 0.0398. The second-order valence-electron chi connectivity index (χ2n) is 8.83. The predicted octanol–water partition coefficient (Wildman–Crippen LogP) is 4.00. The van der Waals surface area contributed by atoms with Gasteiger partial charge in [-0.15, -0.1) is 0 Å². The van der Waals surface area contributed by atoms with Crippen LogP contribution in [0.1, 0.15) is 47.3 Å². The molecule has 1 aliphatic rings. The number of anilines is 1. The third-order valence-corrected chi connectivity index (χ3v) is 6.15. The predicted molar refractivity (Wildman–Crippen MR) is 130 cm³/mol. The van der Waals surface area contributed by atoms with Gasteiger partial charge in [0.2, 0.25) is 0 Å². The lowest BCUT2D eigenvalue weighted by molar-refractivity contribution is 0.0643. The molecule has 1 fully saturated rings. The van der Waals surface area contributed by atoms with E-state index < -0.39 is 0 Å². The number of amides is 1. The zero-order valence-corrected chi connectivity index (χ0v) is 20.2. The second-order valence-corrected chi connectivity index (χ2v) is 8.83. The van der Waals surface area contributed by atoms with Gasteiger partial charge in [0.25, 0.3) is 5.91 Å². The van der Waals surface area contributed by atoms with E-state index in [1.54, 1.807) is 31.5 Å². The molecular formula is C26H31N5O3. The standard InChI is InChI=1S/C26H31N5O3/c1-18-14-23(27-3)30-25(29-18)26(2)11-7-13-31(17-26)24(32)19-9-10-21(22(15-19)33-4)34-16-20-8-5-6-12-28-20/h5-6,8-10,12,14-15H,7,11,13,16-17H2,1-4H3,(H,27,29,30). The zero-order chi connectivity index (χ0) is 24.1. The van der Waals surface area contributed by atoms with Crippen LogP contribution in [0, 0.1) is 6.92 Å². The highest BCUT2D eigenvalue weighted by molar-refractivity contribution is 5.95. The zero-order valence-electron chi connectivity index (χ0n) is 20.2. The summed E-state index contributed by atoms with van der Waals surface area (Å²) in [5.74, 6) is 2.61. The van der Waals surface area contributed by atoms with Crippen molar-refractivity contribution in [1.82, 2.24) is 19.9 Å². The van der Waals surface area contributed by atoms with Gasteiger partial charge in [-0.25, -0.2) is 9.97 Å². The molecule has 0 aliphatic carbocycles. The molecule has 0 bridgehead atoms. The molecule has 0 saturated carbocycles. The Morgan fingerprint density at radius 3 is 2.76 bits per heavy atom. The van der Waals surface area contributed by atoms with Crippen LogP contribution >= 0.6 is 0 Å². The molecule has 1 N–H and O–H groups in total. The molecule has 1 atom stereocenters. The van der Waals surface area contributed by atoms with Crippen LogP contribution in [0.3, 0.4) is 0 Å². The molecule has 1 unspecified atom stereocenters. The Morgan fingerprint density at radius 2 is 2.03 bits per heavy atom. The minimum Gasteiger partial charge on any atom is -0.493 e. The number of carbonyl (C=O) groups is 1. The summed E-state index contributed by atoms with van der Waals surface area (Å²) in [4.78, 5) is 29.0. The highest BCUT2D eigenvalue weighted by atomic mass is 16.5. The summed E-state index contributed by atoms with van der Waals surface area (Å²) >= 11 is 0. The summed E-state index contributed by atoms with van der Waals surface area (Å²) in [7, 11) is 3.42. The van der Waals surface area contributed by atoms with Crippen LogP contribution in [-0.2, 0) is 12.0 Å². The van der Waals surface area contributed by atoms with Crippen LogP contribution in [0.15, 0.2) is 48.7 Å². The lowest BCUT2D eigenvalue weighted by Crippen LogP contribution is -2.48. The first-order chi connectivity index (χ1) is 16.4. The van der Waals surface area contributed by atoms with Crippen LogP contribution in [0.2, 0.25) is 0 Å². The van der Waals surface area contributed by atoms with E-state index in [0.29, 0.717) is 36.8 Å². The molecule has 1 amide bonds. The number of methoxy groups -OCH3 is 1. The van der Waals surface area contributed by atoms with Crippen LogP contribution in [0.25, 0.3) is 0 Å². The molecule has 178 valence electrons. The molecule has 3 heterocycles. The average molecular weight is 462 g/mol. The molecule has 8 nitrogen and oxygen atoms in total. The van der Waals surface area contributed by atoms with Crippen LogP contribution in [0.4, 0.5) is 5.82 Å². The molecule has 1 saturated heterocycles. The smallest absolute Gasteiger partial charge is 0.254 e. The van der Waals surface area contributed by atoms with E-state index >= 15 is 0 Å². The molecular weight excluding hydrogens is 430 g/mol. The van der Waals surface area contributed by atoms with E-state index in [9.17, 15) is 4.79 Å². The molecule has 0 radical (unpaired) electrons. The first-order valence-corrected chi connectivity index (χ1v) is 11.5. The molecule has 1 aromatic carbocycles. The third kappa shape index (κ3) is 5.11. The van der Waals surface area contributed by atoms with E-state index in [1.165, 1.54) is 0 Å². The van der Waals surface area contributed by atoms with Crippen molar-refractivity contribution in [2.45, 2.75) is 38.7 Å². The molecule has 4 rings (SSSR count). The van der Waals surface area contributed by atoms with Crippen molar-refractivity contribution in [2.24, 2.45) is 0 Å². The van der Waals surface area contributed by atoms with Gasteiger partial charge in [0.15, 0.2) is 11.5 Å². The first kappa shape index (κ1) is 23.5. The number of carbonyl (C=O) groups excluding carboxylic acids is 1. The fourth-order valence-electron chi connectivity index (χ4n) is 4.30. The van der Waals surface area contributed by atoms with Crippen molar-refractivity contribution in [1.29, 1.82) is 0 Å². The Balaban J connectivity index is 1.51. The number of nitrogens with zero attached hydrogens (tertiary/aromatic N) is 4. The van der Waals surface area contributed by atoms with E-state index in [2.05, 4.69) is 17.2 Å². The van der Waals surface area contributed by atoms with E-state index in [4.69, 9.17) is 19.4 Å². The summed E-state index contributed by atoms with van der Waals surface area (Å²) in [6, 6.07) is 12.9. The normalized spacial score (nSPS) is 17.8. The van der Waals surface area contributed by atoms with Gasteiger partial charge in [-0.1, -0.05) is 13.0 Å². The summed E-state index contributed by atoms with van der Waals surface area (Å²) in [5.41, 5.74) is 1.97. The maximum Gasteiger partial charge on any atom is 0.254 e. The van der Waals surface area contributed by atoms with Gasteiger partial charge in [0.1, 0.15) is 18.2 Å². The number of benzene rings is 1. The highest BCUT2D eigenvalue weighted by Crippen LogP contribution is 2.34. The number of piperidine rings is 1.